The third-order valence-electron chi connectivity index (χ3n) is 4.83. The quantitative estimate of drug-likeness (QED) is 0.715. The molecule has 1 heterocycles. The number of amides is 1. The number of thioether (sulfide) groups is 1. The highest BCUT2D eigenvalue weighted by Gasteiger charge is 2.38. The van der Waals surface area contributed by atoms with Gasteiger partial charge < -0.3 is 10.0 Å². The molecule has 1 unspecified atom stereocenters. The van der Waals surface area contributed by atoms with E-state index in [1.54, 1.807) is 0 Å². The number of nitrogens with zero attached hydrogens (tertiary/aromatic N) is 1. The van der Waals surface area contributed by atoms with Crippen LogP contribution in [-0.4, -0.2) is 22.5 Å². The van der Waals surface area contributed by atoms with Crippen LogP contribution < -0.4 is 0 Å². The number of hydrogen-bond donors (Lipinski definition) is 1. The van der Waals surface area contributed by atoms with Gasteiger partial charge in [-0.05, 0) is 46.1 Å². The Hall–Kier alpha value is -1.42. The summed E-state index contributed by atoms with van der Waals surface area (Å²) in [5.41, 5.74) is 2.35. The molecule has 144 valence electrons. The van der Waals surface area contributed by atoms with Gasteiger partial charge in [0.1, 0.15) is 11.0 Å². The zero-order valence-corrected chi connectivity index (χ0v) is 18.1. The Kier molecular flexibility index (Phi) is 5.86. The first-order chi connectivity index (χ1) is 11.9. The van der Waals surface area contributed by atoms with E-state index in [1.807, 2.05) is 17.0 Å². The first kappa shape index (κ1) is 20.9. The molecular weight excluding hydrogens is 342 g/mol. The van der Waals surface area contributed by atoms with Crippen molar-refractivity contribution in [2.24, 2.45) is 0 Å². The summed E-state index contributed by atoms with van der Waals surface area (Å²) in [6, 6.07) is 4.02. The summed E-state index contributed by atoms with van der Waals surface area (Å²) in [6.45, 7) is 19.5. The molecule has 1 aromatic carbocycles. The van der Waals surface area contributed by atoms with Gasteiger partial charge in [-0.3, -0.25) is 4.79 Å². The number of aromatic hydroxyl groups is 1. The van der Waals surface area contributed by atoms with Gasteiger partial charge in [0.25, 0.3) is 0 Å². The monoisotopic (exact) mass is 375 g/mol. The maximum atomic E-state index is 13.0. The molecule has 2 rings (SSSR count). The van der Waals surface area contributed by atoms with Crippen LogP contribution in [-0.2, 0) is 15.6 Å². The minimum Gasteiger partial charge on any atom is -0.507 e. The van der Waals surface area contributed by atoms with Crippen LogP contribution in [0, 0.1) is 0 Å². The molecule has 1 aliphatic heterocycles. The van der Waals surface area contributed by atoms with Crippen molar-refractivity contribution in [1.82, 2.24) is 4.90 Å². The van der Waals surface area contributed by atoms with Crippen LogP contribution in [0.3, 0.4) is 0 Å². The van der Waals surface area contributed by atoms with E-state index in [0.717, 1.165) is 41.1 Å². The standard InChI is InChI=1S/C22H33NO2S/c1-9-10-11-23-14(2)26-19(20(23)25)15-12-16(21(3,4)5)18(24)17(13-15)22(6,7)8/h12-13,19,24H,2,9-11H2,1,3-8H3. The highest BCUT2D eigenvalue weighted by Crippen LogP contribution is 2.48. The Morgan fingerprint density at radius 1 is 1.12 bits per heavy atom. The Morgan fingerprint density at radius 3 is 2.04 bits per heavy atom. The van der Waals surface area contributed by atoms with Crippen LogP contribution in [0.4, 0.5) is 0 Å². The highest BCUT2D eigenvalue weighted by atomic mass is 32.2. The predicted octanol–water partition coefficient (Wildman–Crippen LogP) is 5.88. The van der Waals surface area contributed by atoms with Crippen LogP contribution in [0.2, 0.25) is 0 Å². The molecule has 0 aromatic heterocycles. The molecule has 0 saturated carbocycles. The second-order valence-electron chi connectivity index (χ2n) is 9.20. The first-order valence-electron chi connectivity index (χ1n) is 9.42. The molecular formula is C22H33NO2S. The Labute approximate surface area is 162 Å². The maximum absolute atomic E-state index is 13.0. The highest BCUT2D eigenvalue weighted by molar-refractivity contribution is 8.04. The van der Waals surface area contributed by atoms with Crippen LogP contribution in [0.25, 0.3) is 0 Å². The van der Waals surface area contributed by atoms with Crippen molar-refractivity contribution in [2.75, 3.05) is 6.54 Å². The Balaban J connectivity index is 2.53. The van der Waals surface area contributed by atoms with E-state index < -0.39 is 0 Å². The van der Waals surface area contributed by atoms with Crippen molar-refractivity contribution in [3.05, 3.63) is 40.4 Å². The molecule has 1 aromatic rings. The van der Waals surface area contributed by atoms with E-state index in [4.69, 9.17) is 0 Å². The van der Waals surface area contributed by atoms with Crippen LogP contribution in [0.1, 0.15) is 83.2 Å². The summed E-state index contributed by atoms with van der Waals surface area (Å²) in [4.78, 5) is 14.8. The molecule has 26 heavy (non-hydrogen) atoms. The van der Waals surface area contributed by atoms with Crippen molar-refractivity contribution in [3.8, 4) is 5.75 Å². The molecule has 1 N–H and O–H groups in total. The van der Waals surface area contributed by atoms with E-state index in [-0.39, 0.29) is 22.0 Å². The van der Waals surface area contributed by atoms with Gasteiger partial charge in [0.2, 0.25) is 5.91 Å². The van der Waals surface area contributed by atoms with Gasteiger partial charge in [-0.25, -0.2) is 0 Å². The van der Waals surface area contributed by atoms with Gasteiger partial charge in [-0.1, -0.05) is 73.2 Å². The number of carbonyl (C=O) groups excluding carboxylic acids is 1. The second-order valence-corrected chi connectivity index (χ2v) is 10.4. The molecule has 1 saturated heterocycles. The maximum Gasteiger partial charge on any atom is 0.245 e. The molecule has 1 aliphatic rings. The predicted molar refractivity (Wildman–Crippen MR) is 112 cm³/mol. The minimum atomic E-state index is -0.276. The smallest absolute Gasteiger partial charge is 0.245 e. The summed E-state index contributed by atoms with van der Waals surface area (Å²) in [5.74, 6) is 0.463. The normalized spacial score (nSPS) is 18.7. The van der Waals surface area contributed by atoms with E-state index >= 15 is 0 Å². The van der Waals surface area contributed by atoms with Gasteiger partial charge in [0, 0.05) is 6.54 Å². The number of benzene rings is 1. The van der Waals surface area contributed by atoms with Crippen LogP contribution in [0.15, 0.2) is 23.7 Å². The topological polar surface area (TPSA) is 40.5 Å². The summed E-state index contributed by atoms with van der Waals surface area (Å²) in [6.07, 6.45) is 2.03. The summed E-state index contributed by atoms with van der Waals surface area (Å²) in [7, 11) is 0. The van der Waals surface area contributed by atoms with E-state index in [2.05, 4.69) is 55.0 Å². The number of hydrogen-bond acceptors (Lipinski definition) is 3. The molecule has 0 bridgehead atoms. The number of rotatable bonds is 4. The molecule has 4 heteroatoms. The van der Waals surface area contributed by atoms with Crippen molar-refractivity contribution in [3.63, 3.8) is 0 Å². The van der Waals surface area contributed by atoms with Gasteiger partial charge in [0.15, 0.2) is 0 Å². The third-order valence-corrected chi connectivity index (χ3v) is 6.03. The minimum absolute atomic E-state index is 0.110. The average Bonchev–Trinajstić information content (AvgIpc) is 2.78. The fraction of sp³-hybridized carbons (Fsp3) is 0.591. The fourth-order valence-electron chi connectivity index (χ4n) is 3.23. The summed E-state index contributed by atoms with van der Waals surface area (Å²) >= 11 is 1.53. The lowest BCUT2D eigenvalue weighted by Gasteiger charge is -2.29. The van der Waals surface area contributed by atoms with Crippen molar-refractivity contribution in [1.29, 1.82) is 0 Å². The van der Waals surface area contributed by atoms with E-state index in [1.165, 1.54) is 11.8 Å². The lowest BCUT2D eigenvalue weighted by Crippen LogP contribution is -2.27. The number of phenols is 1. The zero-order chi connectivity index (χ0) is 19.9. The number of unbranched alkanes of at least 4 members (excludes halogenated alkanes) is 1. The Morgan fingerprint density at radius 2 is 1.62 bits per heavy atom. The van der Waals surface area contributed by atoms with Crippen molar-refractivity contribution >= 4 is 17.7 Å². The SMILES string of the molecule is C=C1SC(c2cc(C(C)(C)C)c(O)c(C(C)(C)C)c2)C(=O)N1CCCC. The van der Waals surface area contributed by atoms with Gasteiger partial charge in [0.05, 0.1) is 5.03 Å². The first-order valence-corrected chi connectivity index (χ1v) is 10.3. The van der Waals surface area contributed by atoms with Crippen molar-refractivity contribution in [2.45, 2.75) is 77.4 Å². The lowest BCUT2D eigenvalue weighted by molar-refractivity contribution is -0.127. The van der Waals surface area contributed by atoms with E-state index in [9.17, 15) is 9.90 Å². The van der Waals surface area contributed by atoms with Gasteiger partial charge >= 0.3 is 0 Å². The molecule has 3 nitrogen and oxygen atoms in total. The summed E-state index contributed by atoms with van der Waals surface area (Å²) in [5, 5.41) is 11.4. The number of phenolic OH excluding ortho intramolecular Hbond substituents is 1. The van der Waals surface area contributed by atoms with Crippen molar-refractivity contribution < 1.29 is 9.90 Å². The van der Waals surface area contributed by atoms with Crippen LogP contribution >= 0.6 is 11.8 Å². The molecule has 0 radical (unpaired) electrons. The fourth-order valence-corrected chi connectivity index (χ4v) is 4.31. The third kappa shape index (κ3) is 4.11. The van der Waals surface area contributed by atoms with Gasteiger partial charge in [-0.2, -0.15) is 0 Å². The zero-order valence-electron chi connectivity index (χ0n) is 17.3. The van der Waals surface area contributed by atoms with Crippen LogP contribution in [0.5, 0.6) is 5.75 Å². The molecule has 0 spiro atoms. The second kappa shape index (κ2) is 7.30. The molecule has 1 fully saturated rings. The molecule has 1 atom stereocenters. The lowest BCUT2D eigenvalue weighted by atomic mass is 9.78. The number of carbonyl (C=O) groups is 1. The molecule has 0 aliphatic carbocycles. The Bertz CT molecular complexity index is 675. The average molecular weight is 376 g/mol. The summed E-state index contributed by atoms with van der Waals surface area (Å²) < 4.78 is 0. The van der Waals surface area contributed by atoms with Gasteiger partial charge in [-0.15, -0.1) is 0 Å². The van der Waals surface area contributed by atoms with E-state index in [0.29, 0.717) is 5.75 Å². The molecule has 1 amide bonds. The largest absolute Gasteiger partial charge is 0.507 e.